The van der Waals surface area contributed by atoms with Crippen molar-refractivity contribution in [2.45, 2.75) is 44.1 Å². The molecule has 2 aliphatic rings. The van der Waals surface area contributed by atoms with E-state index < -0.39 is 0 Å². The standard InChI is InChI=1S/C21H21Si/c1-14(15-6-3-2-4-7-15)10-18-13-21(22)20-12-17-9-5-8-16(17)11-19(18)20/h2-4,6-7,11-14,21H,5,8-10H2,1H3. The second-order valence-corrected chi connectivity index (χ2v) is 7.37. The Bertz CT molecular complexity index is 727. The summed E-state index contributed by atoms with van der Waals surface area (Å²) >= 11 is 0. The lowest BCUT2D eigenvalue weighted by Gasteiger charge is -2.15. The van der Waals surface area contributed by atoms with E-state index in [4.69, 9.17) is 0 Å². The Morgan fingerprint density at radius 2 is 1.82 bits per heavy atom. The summed E-state index contributed by atoms with van der Waals surface area (Å²) in [6.07, 6.45) is 7.38. The Kier molecular flexibility index (Phi) is 3.54. The van der Waals surface area contributed by atoms with Gasteiger partial charge in [0.25, 0.3) is 0 Å². The maximum Gasteiger partial charge on any atom is 0.0388 e. The fourth-order valence-corrected chi connectivity index (χ4v) is 4.41. The first-order valence-corrected chi connectivity index (χ1v) is 8.93. The topological polar surface area (TPSA) is 0 Å². The molecule has 4 rings (SSSR count). The molecule has 0 aliphatic heterocycles. The van der Waals surface area contributed by atoms with E-state index >= 15 is 0 Å². The molecule has 2 aromatic rings. The number of rotatable bonds is 3. The number of fused-ring (bicyclic) bond motifs is 2. The molecule has 2 atom stereocenters. The summed E-state index contributed by atoms with van der Waals surface area (Å²) in [5.74, 6) is 0.561. The molecule has 0 heterocycles. The molecule has 22 heavy (non-hydrogen) atoms. The number of benzene rings is 2. The summed E-state index contributed by atoms with van der Waals surface area (Å²) < 4.78 is 0. The van der Waals surface area contributed by atoms with Crippen molar-refractivity contribution in [1.29, 1.82) is 0 Å². The second-order valence-electron chi connectivity index (χ2n) is 6.75. The zero-order valence-corrected chi connectivity index (χ0v) is 14.1. The number of hydrogen-bond donors (Lipinski definition) is 0. The van der Waals surface area contributed by atoms with Crippen LogP contribution in [-0.4, -0.2) is 10.2 Å². The first-order chi connectivity index (χ1) is 10.7. The van der Waals surface area contributed by atoms with E-state index in [1.807, 2.05) is 0 Å². The summed E-state index contributed by atoms with van der Waals surface area (Å²) in [7, 11) is 3.91. The molecule has 2 unspecified atom stereocenters. The monoisotopic (exact) mass is 301 g/mol. The van der Waals surface area contributed by atoms with Gasteiger partial charge in [0.15, 0.2) is 0 Å². The molecule has 0 fully saturated rings. The Morgan fingerprint density at radius 1 is 1.09 bits per heavy atom. The zero-order valence-electron chi connectivity index (χ0n) is 13.1. The summed E-state index contributed by atoms with van der Waals surface area (Å²) in [6, 6.07) is 15.8. The third kappa shape index (κ3) is 2.38. The van der Waals surface area contributed by atoms with E-state index in [1.165, 1.54) is 41.5 Å². The van der Waals surface area contributed by atoms with E-state index in [9.17, 15) is 0 Å². The number of hydrogen-bond acceptors (Lipinski definition) is 0. The fraction of sp³-hybridized carbons (Fsp3) is 0.333. The molecule has 0 N–H and O–H groups in total. The Morgan fingerprint density at radius 3 is 2.59 bits per heavy atom. The minimum atomic E-state index is 0.388. The molecular formula is C21H21Si. The van der Waals surface area contributed by atoms with E-state index in [2.05, 4.69) is 65.7 Å². The molecule has 109 valence electrons. The van der Waals surface area contributed by atoms with Crippen molar-refractivity contribution in [2.24, 2.45) is 0 Å². The van der Waals surface area contributed by atoms with Crippen molar-refractivity contribution in [1.82, 2.24) is 0 Å². The number of allylic oxidation sites excluding steroid dienone is 2. The van der Waals surface area contributed by atoms with Gasteiger partial charge in [0.05, 0.1) is 0 Å². The first-order valence-electron chi connectivity index (χ1n) is 8.35. The lowest BCUT2D eigenvalue weighted by Crippen LogP contribution is -1.97. The molecule has 2 aliphatic carbocycles. The van der Waals surface area contributed by atoms with Crippen LogP contribution in [0.1, 0.15) is 59.0 Å². The van der Waals surface area contributed by atoms with Gasteiger partial charge >= 0.3 is 0 Å². The van der Waals surface area contributed by atoms with E-state index in [0.29, 0.717) is 11.5 Å². The minimum absolute atomic E-state index is 0.388. The van der Waals surface area contributed by atoms with Crippen LogP contribution in [0.15, 0.2) is 48.5 Å². The quantitative estimate of drug-likeness (QED) is 0.702. The Hall–Kier alpha value is -1.60. The van der Waals surface area contributed by atoms with Gasteiger partial charge in [-0.15, -0.1) is 0 Å². The van der Waals surface area contributed by atoms with Crippen LogP contribution in [-0.2, 0) is 12.8 Å². The maximum atomic E-state index is 3.91. The lowest BCUT2D eigenvalue weighted by molar-refractivity contribution is 0.792. The third-order valence-electron chi connectivity index (χ3n) is 5.21. The van der Waals surface area contributed by atoms with Crippen LogP contribution in [0.25, 0.3) is 5.57 Å². The first kappa shape index (κ1) is 14.0. The van der Waals surface area contributed by atoms with Gasteiger partial charge in [-0.25, -0.2) is 0 Å². The van der Waals surface area contributed by atoms with E-state index in [0.717, 1.165) is 6.42 Å². The van der Waals surface area contributed by atoms with Crippen LogP contribution in [0.4, 0.5) is 0 Å². The van der Waals surface area contributed by atoms with E-state index in [1.54, 1.807) is 11.1 Å². The molecule has 1 heteroatoms. The van der Waals surface area contributed by atoms with Gasteiger partial charge in [-0.1, -0.05) is 55.5 Å². The third-order valence-corrected chi connectivity index (χ3v) is 5.69. The second kappa shape index (κ2) is 5.55. The predicted octanol–water partition coefficient (Wildman–Crippen LogP) is 4.98. The molecule has 0 saturated carbocycles. The minimum Gasteiger partial charge on any atom is -0.0767 e. The molecule has 0 spiro atoms. The average molecular weight is 301 g/mol. The summed E-state index contributed by atoms with van der Waals surface area (Å²) in [4.78, 5) is 0. The largest absolute Gasteiger partial charge is 0.0767 e. The van der Waals surface area contributed by atoms with Crippen LogP contribution in [0, 0.1) is 0 Å². The van der Waals surface area contributed by atoms with Crippen LogP contribution in [0.3, 0.4) is 0 Å². The average Bonchev–Trinajstić information content (AvgIpc) is 3.11. The van der Waals surface area contributed by atoms with Gasteiger partial charge in [-0.05, 0) is 70.5 Å². The van der Waals surface area contributed by atoms with Crippen molar-refractivity contribution < 1.29 is 0 Å². The zero-order chi connectivity index (χ0) is 15.1. The lowest BCUT2D eigenvalue weighted by atomic mass is 9.90. The van der Waals surface area contributed by atoms with Crippen molar-refractivity contribution in [3.8, 4) is 0 Å². The van der Waals surface area contributed by atoms with Gasteiger partial charge < -0.3 is 0 Å². The SMILES string of the molecule is CC(CC1=CC([Si])c2cc3c(cc21)CCC3)c1ccccc1. The smallest absolute Gasteiger partial charge is 0.0388 e. The van der Waals surface area contributed by atoms with Crippen molar-refractivity contribution >= 4 is 15.8 Å². The molecule has 0 saturated heterocycles. The molecule has 0 bridgehead atoms. The highest BCUT2D eigenvalue weighted by atomic mass is 28.1. The fourth-order valence-electron chi connectivity index (χ4n) is 3.97. The van der Waals surface area contributed by atoms with Crippen molar-refractivity contribution in [3.63, 3.8) is 0 Å². The van der Waals surface area contributed by atoms with E-state index in [-0.39, 0.29) is 0 Å². The molecule has 3 radical (unpaired) electrons. The van der Waals surface area contributed by atoms with Crippen LogP contribution >= 0.6 is 0 Å². The molecule has 0 aromatic heterocycles. The highest BCUT2D eigenvalue weighted by Gasteiger charge is 2.24. The van der Waals surface area contributed by atoms with Gasteiger partial charge in [0, 0.05) is 10.2 Å². The number of aryl methyl sites for hydroxylation is 2. The highest BCUT2D eigenvalue weighted by molar-refractivity contribution is 6.16. The predicted molar refractivity (Wildman–Crippen MR) is 94.4 cm³/mol. The van der Waals surface area contributed by atoms with Crippen molar-refractivity contribution in [2.75, 3.05) is 0 Å². The van der Waals surface area contributed by atoms with Crippen LogP contribution in [0.5, 0.6) is 0 Å². The van der Waals surface area contributed by atoms with Gasteiger partial charge in [-0.3, -0.25) is 0 Å². The van der Waals surface area contributed by atoms with Gasteiger partial charge in [0.2, 0.25) is 0 Å². The molecule has 0 amide bonds. The summed E-state index contributed by atoms with van der Waals surface area (Å²) in [5, 5.41) is 0. The molecular weight excluding hydrogens is 280 g/mol. The normalized spacial score (nSPS) is 20.5. The van der Waals surface area contributed by atoms with Crippen LogP contribution < -0.4 is 0 Å². The maximum absolute atomic E-state index is 3.91. The Balaban J connectivity index is 1.64. The Labute approximate surface area is 136 Å². The molecule has 2 aromatic carbocycles. The summed E-state index contributed by atoms with van der Waals surface area (Å²) in [6.45, 7) is 2.34. The van der Waals surface area contributed by atoms with Crippen LogP contribution in [0.2, 0.25) is 0 Å². The highest BCUT2D eigenvalue weighted by Crippen LogP contribution is 2.42. The van der Waals surface area contributed by atoms with Crippen molar-refractivity contribution in [3.05, 3.63) is 76.4 Å². The van der Waals surface area contributed by atoms with Gasteiger partial charge in [-0.2, -0.15) is 0 Å². The summed E-state index contributed by atoms with van der Waals surface area (Å²) in [5.41, 5.74) is 9.46. The molecule has 0 nitrogen and oxygen atoms in total. The van der Waals surface area contributed by atoms with Gasteiger partial charge in [0.1, 0.15) is 0 Å².